The first-order chi connectivity index (χ1) is 27.0. The van der Waals surface area contributed by atoms with Crippen molar-refractivity contribution in [1.82, 2.24) is 0 Å². The number of para-hydroxylation sites is 1. The fourth-order valence-corrected chi connectivity index (χ4v) is 9.11. The number of hydrogen-bond acceptors (Lipinski definition) is 2. The molecule has 260 valence electrons. The van der Waals surface area contributed by atoms with Crippen LogP contribution in [0.2, 0.25) is 0 Å². The van der Waals surface area contributed by atoms with E-state index in [0.717, 1.165) is 55.5 Å². The first-order valence-corrected chi connectivity index (χ1v) is 19.1. The highest BCUT2D eigenvalue weighted by Gasteiger charge is 2.35. The molecule has 0 N–H and O–H groups in total. The molecule has 0 spiro atoms. The third kappa shape index (κ3) is 4.88. The van der Waals surface area contributed by atoms with Gasteiger partial charge in [0.25, 0.3) is 0 Å². The van der Waals surface area contributed by atoms with Crippen LogP contribution in [-0.2, 0) is 5.41 Å². The highest BCUT2D eigenvalue weighted by molar-refractivity contribution is 6.17. The van der Waals surface area contributed by atoms with Crippen LogP contribution in [0.3, 0.4) is 0 Å². The van der Waals surface area contributed by atoms with E-state index in [0.29, 0.717) is 0 Å². The van der Waals surface area contributed by atoms with Crippen LogP contribution < -0.4 is 4.90 Å². The molecule has 0 bridgehead atoms. The van der Waals surface area contributed by atoms with Gasteiger partial charge in [0, 0.05) is 44.2 Å². The standard InChI is InChI=1S/C53H37NO/c1-53(2)49-23-8-7-19-45(49)46-31-29-40(33-50(46)53)54(39-16-9-15-37(32-39)42-20-10-14-34-12-3-5-17-41(34)42)38-27-24-36(25-28-38)44-21-11-22-47-48-30-26-35-13-4-6-18-43(35)52(48)55-51(44)47/h3-33H,1-2H3. The lowest BCUT2D eigenvalue weighted by Gasteiger charge is -2.28. The zero-order chi connectivity index (χ0) is 36.7. The summed E-state index contributed by atoms with van der Waals surface area (Å²) in [5.41, 5.74) is 15.1. The Morgan fingerprint density at radius 3 is 1.84 bits per heavy atom. The van der Waals surface area contributed by atoms with E-state index < -0.39 is 0 Å². The van der Waals surface area contributed by atoms with Crippen molar-refractivity contribution in [3.05, 3.63) is 199 Å². The first-order valence-electron chi connectivity index (χ1n) is 19.1. The van der Waals surface area contributed by atoms with Crippen LogP contribution in [0.25, 0.3) is 76.9 Å². The topological polar surface area (TPSA) is 16.4 Å². The summed E-state index contributed by atoms with van der Waals surface area (Å²) in [5, 5.41) is 7.10. The molecule has 55 heavy (non-hydrogen) atoms. The Morgan fingerprint density at radius 1 is 0.364 bits per heavy atom. The molecule has 2 nitrogen and oxygen atoms in total. The van der Waals surface area contributed by atoms with Gasteiger partial charge >= 0.3 is 0 Å². The van der Waals surface area contributed by atoms with Gasteiger partial charge in [-0.1, -0.05) is 159 Å². The fraction of sp³-hybridized carbons (Fsp3) is 0.0566. The molecule has 0 fully saturated rings. The highest BCUT2D eigenvalue weighted by atomic mass is 16.3. The second-order valence-electron chi connectivity index (χ2n) is 15.3. The van der Waals surface area contributed by atoms with Gasteiger partial charge in [0.15, 0.2) is 0 Å². The predicted octanol–water partition coefficient (Wildman–Crippen LogP) is 15.0. The molecule has 0 amide bonds. The second kappa shape index (κ2) is 12.1. The van der Waals surface area contributed by atoms with Crippen molar-refractivity contribution < 1.29 is 4.42 Å². The zero-order valence-electron chi connectivity index (χ0n) is 30.8. The molecule has 0 radical (unpaired) electrons. The quantitative estimate of drug-likeness (QED) is 0.177. The lowest BCUT2D eigenvalue weighted by atomic mass is 9.82. The van der Waals surface area contributed by atoms with Crippen molar-refractivity contribution in [2.45, 2.75) is 19.3 Å². The molecule has 0 saturated heterocycles. The average molecular weight is 704 g/mol. The molecule has 0 atom stereocenters. The molecule has 0 unspecified atom stereocenters. The zero-order valence-corrected chi connectivity index (χ0v) is 30.8. The maximum atomic E-state index is 6.73. The largest absolute Gasteiger partial charge is 0.455 e. The first kappa shape index (κ1) is 31.6. The van der Waals surface area contributed by atoms with E-state index in [1.165, 1.54) is 49.5 Å². The molecule has 1 aliphatic rings. The Labute approximate surface area is 320 Å². The van der Waals surface area contributed by atoms with E-state index in [1.807, 2.05) is 0 Å². The van der Waals surface area contributed by atoms with Gasteiger partial charge in [0.1, 0.15) is 11.2 Å². The summed E-state index contributed by atoms with van der Waals surface area (Å²) < 4.78 is 6.73. The number of furan rings is 1. The summed E-state index contributed by atoms with van der Waals surface area (Å²) in [4.78, 5) is 2.41. The SMILES string of the molecule is CC1(C)c2ccccc2-c2ccc(N(c3ccc(-c4cccc5c4oc4c6ccccc6ccc54)cc3)c3cccc(-c4cccc5ccccc45)c3)cc21. The van der Waals surface area contributed by atoms with E-state index in [2.05, 4.69) is 207 Å². The molecular weight excluding hydrogens is 667 g/mol. The smallest absolute Gasteiger partial charge is 0.143 e. The van der Waals surface area contributed by atoms with Crippen LogP contribution >= 0.6 is 0 Å². The van der Waals surface area contributed by atoms with Crippen molar-refractivity contribution in [3.63, 3.8) is 0 Å². The van der Waals surface area contributed by atoms with Crippen molar-refractivity contribution in [1.29, 1.82) is 0 Å². The monoisotopic (exact) mass is 703 g/mol. The molecule has 11 rings (SSSR count). The lowest BCUT2D eigenvalue weighted by Crippen LogP contribution is -2.16. The average Bonchev–Trinajstić information content (AvgIpc) is 3.73. The van der Waals surface area contributed by atoms with Gasteiger partial charge in [-0.2, -0.15) is 0 Å². The Bertz CT molecular complexity index is 3120. The Morgan fingerprint density at radius 2 is 0.964 bits per heavy atom. The van der Waals surface area contributed by atoms with E-state index in [9.17, 15) is 0 Å². The van der Waals surface area contributed by atoms with Crippen LogP contribution in [0.1, 0.15) is 25.0 Å². The summed E-state index contributed by atoms with van der Waals surface area (Å²) in [6, 6.07) is 68.4. The lowest BCUT2D eigenvalue weighted by molar-refractivity contribution is 0.660. The Kier molecular flexibility index (Phi) is 6.93. The number of fused-ring (bicyclic) bond motifs is 9. The second-order valence-corrected chi connectivity index (χ2v) is 15.3. The van der Waals surface area contributed by atoms with Crippen LogP contribution in [0.5, 0.6) is 0 Å². The van der Waals surface area contributed by atoms with Gasteiger partial charge < -0.3 is 9.32 Å². The maximum absolute atomic E-state index is 6.73. The number of rotatable bonds is 5. The summed E-state index contributed by atoms with van der Waals surface area (Å²) in [6.45, 7) is 4.70. The number of benzene rings is 9. The summed E-state index contributed by atoms with van der Waals surface area (Å²) in [5.74, 6) is 0. The van der Waals surface area contributed by atoms with Crippen molar-refractivity contribution in [2.75, 3.05) is 4.90 Å². The highest BCUT2D eigenvalue weighted by Crippen LogP contribution is 2.51. The number of hydrogen-bond donors (Lipinski definition) is 0. The van der Waals surface area contributed by atoms with E-state index in [-0.39, 0.29) is 5.41 Å². The van der Waals surface area contributed by atoms with Crippen LogP contribution in [0, 0.1) is 0 Å². The Balaban J connectivity index is 1.06. The van der Waals surface area contributed by atoms with Gasteiger partial charge in [-0.05, 0) is 97.6 Å². The Hall–Kier alpha value is -6.90. The van der Waals surface area contributed by atoms with Crippen molar-refractivity contribution in [2.24, 2.45) is 0 Å². The maximum Gasteiger partial charge on any atom is 0.143 e. The third-order valence-electron chi connectivity index (χ3n) is 11.9. The summed E-state index contributed by atoms with van der Waals surface area (Å²) >= 11 is 0. The van der Waals surface area contributed by atoms with Gasteiger partial charge in [-0.3, -0.25) is 0 Å². The molecule has 1 aliphatic carbocycles. The van der Waals surface area contributed by atoms with E-state index in [4.69, 9.17) is 4.42 Å². The molecule has 1 heterocycles. The number of anilines is 3. The minimum Gasteiger partial charge on any atom is -0.455 e. The molecule has 10 aromatic rings. The summed E-state index contributed by atoms with van der Waals surface area (Å²) in [7, 11) is 0. The minimum absolute atomic E-state index is 0.112. The van der Waals surface area contributed by atoms with E-state index in [1.54, 1.807) is 0 Å². The molecule has 0 aliphatic heterocycles. The van der Waals surface area contributed by atoms with Gasteiger partial charge in [-0.15, -0.1) is 0 Å². The summed E-state index contributed by atoms with van der Waals surface area (Å²) in [6.07, 6.45) is 0. The minimum atomic E-state index is -0.112. The molecule has 9 aromatic carbocycles. The van der Waals surface area contributed by atoms with E-state index >= 15 is 0 Å². The molecular formula is C53H37NO. The predicted molar refractivity (Wildman–Crippen MR) is 232 cm³/mol. The third-order valence-corrected chi connectivity index (χ3v) is 11.9. The van der Waals surface area contributed by atoms with Crippen molar-refractivity contribution in [3.8, 4) is 33.4 Å². The molecule has 1 aromatic heterocycles. The molecule has 2 heteroatoms. The fourth-order valence-electron chi connectivity index (χ4n) is 9.11. The molecule has 0 saturated carbocycles. The van der Waals surface area contributed by atoms with Crippen LogP contribution in [0.4, 0.5) is 17.1 Å². The van der Waals surface area contributed by atoms with Gasteiger partial charge in [0.2, 0.25) is 0 Å². The van der Waals surface area contributed by atoms with Gasteiger partial charge in [-0.25, -0.2) is 0 Å². The normalized spacial score (nSPS) is 13.1. The van der Waals surface area contributed by atoms with Crippen molar-refractivity contribution >= 4 is 60.5 Å². The van der Waals surface area contributed by atoms with Gasteiger partial charge in [0.05, 0.1) is 0 Å². The number of nitrogens with zero attached hydrogens (tertiary/aromatic N) is 1. The van der Waals surface area contributed by atoms with Crippen LogP contribution in [-0.4, -0.2) is 0 Å². The van der Waals surface area contributed by atoms with Crippen LogP contribution in [0.15, 0.2) is 192 Å².